The Labute approximate surface area is 172 Å². The quantitative estimate of drug-likeness (QED) is 0.447. The molecule has 1 aliphatic rings. The molecule has 11 heteroatoms. The lowest BCUT2D eigenvalue weighted by molar-refractivity contribution is -0.289. The molecule has 0 bridgehead atoms. The van der Waals surface area contributed by atoms with Gasteiger partial charge in [-0.1, -0.05) is 6.07 Å². The zero-order chi connectivity index (χ0) is 22.3. The number of carbonyl (C=O) groups excluding carboxylic acids is 4. The summed E-state index contributed by atoms with van der Waals surface area (Å²) in [6, 6.07) is 4.86. The molecule has 1 fully saturated rings. The van der Waals surface area contributed by atoms with E-state index in [1.54, 1.807) is 12.1 Å². The Morgan fingerprint density at radius 2 is 1.47 bits per heavy atom. The van der Waals surface area contributed by atoms with E-state index in [2.05, 4.69) is 4.98 Å². The van der Waals surface area contributed by atoms with Gasteiger partial charge in [0, 0.05) is 40.0 Å². The van der Waals surface area contributed by atoms with Crippen molar-refractivity contribution < 1.29 is 47.6 Å². The second-order valence-corrected chi connectivity index (χ2v) is 6.35. The van der Waals surface area contributed by atoms with E-state index in [1.807, 2.05) is 0 Å². The van der Waals surface area contributed by atoms with E-state index in [0.29, 0.717) is 0 Å². The maximum atomic E-state index is 11.7. The summed E-state index contributed by atoms with van der Waals surface area (Å²) in [4.78, 5) is 50.4. The highest BCUT2D eigenvalue weighted by Crippen LogP contribution is 2.30. The van der Waals surface area contributed by atoms with Gasteiger partial charge in [-0.05, 0) is 6.07 Å². The fourth-order valence-electron chi connectivity index (χ4n) is 2.82. The molecule has 0 aliphatic carbocycles. The summed E-state index contributed by atoms with van der Waals surface area (Å²) in [5, 5.41) is 0. The average molecular weight is 425 g/mol. The summed E-state index contributed by atoms with van der Waals surface area (Å²) in [5.74, 6) is -2.61. The molecular weight excluding hydrogens is 402 g/mol. The lowest BCUT2D eigenvalue weighted by Crippen LogP contribution is -2.63. The van der Waals surface area contributed by atoms with Crippen molar-refractivity contribution in [3.8, 4) is 5.88 Å². The van der Waals surface area contributed by atoms with Crippen molar-refractivity contribution in [1.82, 2.24) is 4.98 Å². The lowest BCUT2D eigenvalue weighted by atomic mass is 9.98. The Bertz CT molecular complexity index is 768. The summed E-state index contributed by atoms with van der Waals surface area (Å²) >= 11 is 0. The molecule has 2 rings (SSSR count). The van der Waals surface area contributed by atoms with Crippen LogP contribution in [0.25, 0.3) is 0 Å². The molecule has 30 heavy (non-hydrogen) atoms. The van der Waals surface area contributed by atoms with Crippen LogP contribution < -0.4 is 4.74 Å². The van der Waals surface area contributed by atoms with Crippen LogP contribution in [0.4, 0.5) is 0 Å². The molecule has 1 aliphatic heterocycles. The van der Waals surface area contributed by atoms with Crippen LogP contribution in [0.15, 0.2) is 24.4 Å². The Kier molecular flexibility index (Phi) is 8.10. The van der Waals surface area contributed by atoms with Gasteiger partial charge in [0.25, 0.3) is 0 Å². The molecule has 0 amide bonds. The van der Waals surface area contributed by atoms with Crippen molar-refractivity contribution >= 4 is 23.9 Å². The first-order valence-corrected chi connectivity index (χ1v) is 9.05. The van der Waals surface area contributed by atoms with Crippen molar-refractivity contribution in [1.29, 1.82) is 0 Å². The molecule has 0 saturated carbocycles. The van der Waals surface area contributed by atoms with E-state index >= 15 is 0 Å². The summed E-state index contributed by atoms with van der Waals surface area (Å²) in [6.07, 6.45) is -4.74. The number of nitrogens with zero attached hydrogens (tertiary/aromatic N) is 1. The monoisotopic (exact) mass is 425 g/mol. The Morgan fingerprint density at radius 1 is 0.867 bits per heavy atom. The van der Waals surface area contributed by atoms with Crippen molar-refractivity contribution in [2.45, 2.75) is 58.4 Å². The van der Waals surface area contributed by atoms with E-state index in [9.17, 15) is 19.2 Å². The maximum absolute atomic E-state index is 11.7. The van der Waals surface area contributed by atoms with Crippen LogP contribution in [0.5, 0.6) is 5.88 Å². The number of aromatic nitrogens is 1. The molecule has 0 N–H and O–H groups in total. The average Bonchev–Trinajstić information content (AvgIpc) is 2.64. The van der Waals surface area contributed by atoms with Crippen molar-refractivity contribution in [2.24, 2.45) is 0 Å². The highest BCUT2D eigenvalue weighted by Gasteiger charge is 2.53. The number of hydrogen-bond donors (Lipinski definition) is 0. The smallest absolute Gasteiger partial charge is 0.303 e. The molecule has 1 aromatic rings. The van der Waals surface area contributed by atoms with Crippen LogP contribution >= 0.6 is 0 Å². The normalized spacial score (nSPS) is 25.5. The highest BCUT2D eigenvalue weighted by atomic mass is 16.7. The number of esters is 4. The fraction of sp³-hybridized carbons (Fsp3) is 0.526. The number of rotatable bonds is 7. The van der Waals surface area contributed by atoms with Crippen LogP contribution in [0.3, 0.4) is 0 Å². The zero-order valence-corrected chi connectivity index (χ0v) is 16.9. The van der Waals surface area contributed by atoms with Crippen molar-refractivity contribution in [3.05, 3.63) is 24.4 Å². The van der Waals surface area contributed by atoms with Gasteiger partial charge in [0.05, 0.1) is 0 Å². The summed E-state index contributed by atoms with van der Waals surface area (Å²) in [7, 11) is 0. The third kappa shape index (κ3) is 6.69. The van der Waals surface area contributed by atoms with Gasteiger partial charge >= 0.3 is 23.9 Å². The van der Waals surface area contributed by atoms with Crippen molar-refractivity contribution in [2.75, 3.05) is 6.61 Å². The number of ether oxygens (including phenoxy) is 6. The van der Waals surface area contributed by atoms with Gasteiger partial charge in [0.2, 0.25) is 18.3 Å². The molecule has 1 saturated heterocycles. The lowest BCUT2D eigenvalue weighted by Gasteiger charge is -2.43. The van der Waals surface area contributed by atoms with Crippen LogP contribution in [0, 0.1) is 0 Å². The van der Waals surface area contributed by atoms with Gasteiger partial charge in [-0.15, -0.1) is 0 Å². The molecule has 11 nitrogen and oxygen atoms in total. The van der Waals surface area contributed by atoms with Gasteiger partial charge in [-0.2, -0.15) is 0 Å². The first-order chi connectivity index (χ1) is 14.2. The van der Waals surface area contributed by atoms with E-state index in [0.717, 1.165) is 20.8 Å². The van der Waals surface area contributed by atoms with Gasteiger partial charge in [-0.25, -0.2) is 4.98 Å². The molecule has 0 unspecified atom stereocenters. The standard InChI is InChI=1S/C19H23NO10/c1-10(21)25-9-14-16(26-11(2)22)17(27-12(3)23)18(28-13(4)24)19(29-14)30-15-7-5-6-8-20-15/h5-8,14,16-19H,9H2,1-4H3/t14-,16+,17+,18-,19+/m1/s1. The van der Waals surface area contributed by atoms with Gasteiger partial charge in [0.15, 0.2) is 12.2 Å². The van der Waals surface area contributed by atoms with Crippen molar-refractivity contribution in [3.63, 3.8) is 0 Å². The topological polar surface area (TPSA) is 137 Å². The number of hydrogen-bond acceptors (Lipinski definition) is 11. The van der Waals surface area contributed by atoms with Crippen LogP contribution in [-0.4, -0.2) is 66.2 Å². The number of pyridine rings is 1. The molecule has 2 heterocycles. The zero-order valence-electron chi connectivity index (χ0n) is 16.9. The molecule has 0 aromatic carbocycles. The summed E-state index contributed by atoms with van der Waals surface area (Å²) in [5.41, 5.74) is 0. The molecule has 1 aromatic heterocycles. The van der Waals surface area contributed by atoms with E-state index in [1.165, 1.54) is 19.2 Å². The first kappa shape index (κ1) is 23.1. The predicted molar refractivity (Wildman–Crippen MR) is 96.8 cm³/mol. The summed E-state index contributed by atoms with van der Waals surface area (Å²) < 4.78 is 32.3. The highest BCUT2D eigenvalue weighted by molar-refractivity contribution is 5.68. The minimum absolute atomic E-state index is 0.137. The molecule has 0 spiro atoms. The maximum Gasteiger partial charge on any atom is 0.303 e. The van der Waals surface area contributed by atoms with Gasteiger partial charge in [-0.3, -0.25) is 19.2 Å². The molecule has 164 valence electrons. The van der Waals surface area contributed by atoms with Crippen LogP contribution in [-0.2, 0) is 42.9 Å². The SMILES string of the molecule is CC(=O)OC[C@H]1O[C@@H](Oc2ccccn2)[C@H](OC(C)=O)[C@@H](OC(C)=O)[C@H]1OC(C)=O. The molecule has 5 atom stereocenters. The summed E-state index contributed by atoms with van der Waals surface area (Å²) in [6.45, 7) is 4.29. The van der Waals surface area contributed by atoms with Crippen LogP contribution in [0.1, 0.15) is 27.7 Å². The predicted octanol–water partition coefficient (Wildman–Crippen LogP) is 0.543. The van der Waals surface area contributed by atoms with E-state index < -0.39 is 54.6 Å². The molecule has 0 radical (unpaired) electrons. The number of carbonyl (C=O) groups is 4. The third-order valence-corrected chi connectivity index (χ3v) is 3.82. The minimum atomic E-state index is -1.31. The second-order valence-electron chi connectivity index (χ2n) is 6.35. The Balaban J connectivity index is 2.42. The Morgan fingerprint density at radius 3 is 2.00 bits per heavy atom. The first-order valence-electron chi connectivity index (χ1n) is 9.05. The third-order valence-electron chi connectivity index (χ3n) is 3.82. The van der Waals surface area contributed by atoms with E-state index in [-0.39, 0.29) is 12.5 Å². The van der Waals surface area contributed by atoms with Gasteiger partial charge < -0.3 is 28.4 Å². The minimum Gasteiger partial charge on any atom is -0.463 e. The fourth-order valence-corrected chi connectivity index (χ4v) is 2.82. The largest absolute Gasteiger partial charge is 0.463 e. The Hall–Kier alpha value is -3.21. The van der Waals surface area contributed by atoms with E-state index in [4.69, 9.17) is 28.4 Å². The van der Waals surface area contributed by atoms with Crippen LogP contribution in [0.2, 0.25) is 0 Å². The van der Waals surface area contributed by atoms with Gasteiger partial charge in [0.1, 0.15) is 12.7 Å². The molecular formula is C19H23NO10. The second kappa shape index (κ2) is 10.5.